The molecule has 4 rings (SSSR count). The number of nitrogens with one attached hydrogen (secondary N) is 1. The van der Waals surface area contributed by atoms with Gasteiger partial charge in [-0.05, 0) is 17.7 Å². The van der Waals surface area contributed by atoms with Crippen LogP contribution in [0.2, 0.25) is 0 Å². The number of carbonyl (C=O) groups excluding carboxylic acids is 1. The van der Waals surface area contributed by atoms with Gasteiger partial charge < -0.3 is 5.32 Å². The average molecular weight is 342 g/mol. The molecule has 1 N–H and O–H groups in total. The molecule has 0 saturated carbocycles. The molecule has 1 aromatic carbocycles. The maximum absolute atomic E-state index is 12.4. The minimum Gasteiger partial charge on any atom is -0.301 e. The second kappa shape index (κ2) is 6.63. The number of nitrogens with zero attached hydrogens (tertiary/aromatic N) is 3. The van der Waals surface area contributed by atoms with E-state index in [1.54, 1.807) is 11.3 Å². The van der Waals surface area contributed by atoms with Crippen molar-refractivity contribution in [1.82, 2.24) is 14.8 Å². The third kappa shape index (κ3) is 3.22. The van der Waals surface area contributed by atoms with E-state index in [-0.39, 0.29) is 5.91 Å². The van der Waals surface area contributed by atoms with Gasteiger partial charge in [0.2, 0.25) is 5.91 Å². The molecule has 2 aliphatic heterocycles. The lowest BCUT2D eigenvalue weighted by Crippen LogP contribution is -2.29. The van der Waals surface area contributed by atoms with Gasteiger partial charge in [0.15, 0.2) is 5.13 Å². The third-order valence-electron chi connectivity index (χ3n) is 4.78. The van der Waals surface area contributed by atoms with E-state index in [0.29, 0.717) is 6.54 Å². The second-order valence-electron chi connectivity index (χ2n) is 6.47. The number of benzene rings is 1. The van der Waals surface area contributed by atoms with E-state index in [0.717, 1.165) is 50.0 Å². The topological polar surface area (TPSA) is 48.5 Å². The Hall–Kier alpha value is -1.76. The molecule has 0 fully saturated rings. The Morgan fingerprint density at radius 3 is 2.67 bits per heavy atom. The molecule has 0 atom stereocenters. The van der Waals surface area contributed by atoms with Crippen LogP contribution in [-0.4, -0.2) is 40.3 Å². The lowest BCUT2D eigenvalue weighted by Gasteiger charge is -2.23. The number of likely N-dealkylation sites (N-methyl/N-ethyl adjacent to an activating group) is 1. The molecule has 1 aromatic heterocycles. The van der Waals surface area contributed by atoms with Crippen LogP contribution in [0.5, 0.6) is 0 Å². The number of amides is 1. The van der Waals surface area contributed by atoms with Crippen LogP contribution in [0.3, 0.4) is 0 Å². The molecule has 24 heavy (non-hydrogen) atoms. The van der Waals surface area contributed by atoms with Crippen LogP contribution in [0.4, 0.5) is 5.13 Å². The van der Waals surface area contributed by atoms with Gasteiger partial charge in [-0.3, -0.25) is 14.6 Å². The highest BCUT2D eigenvalue weighted by Gasteiger charge is 2.23. The van der Waals surface area contributed by atoms with E-state index in [1.165, 1.54) is 16.0 Å². The van der Waals surface area contributed by atoms with Crippen LogP contribution in [0.15, 0.2) is 24.3 Å². The van der Waals surface area contributed by atoms with Crippen LogP contribution in [0.25, 0.3) is 0 Å². The Bertz CT molecular complexity index is 732. The van der Waals surface area contributed by atoms with Crippen LogP contribution in [-0.2, 0) is 30.8 Å². The SMILES string of the molecule is CCN1CCc2nc(NC(=O)CN3Cc4ccccc4C3)sc2C1. The minimum atomic E-state index is 0.0289. The van der Waals surface area contributed by atoms with Gasteiger partial charge in [-0.25, -0.2) is 4.98 Å². The Morgan fingerprint density at radius 2 is 1.96 bits per heavy atom. The van der Waals surface area contributed by atoms with Crippen molar-refractivity contribution in [2.45, 2.75) is 33.0 Å². The first-order valence-corrected chi connectivity index (χ1v) is 9.33. The lowest BCUT2D eigenvalue weighted by molar-refractivity contribution is -0.117. The van der Waals surface area contributed by atoms with E-state index in [9.17, 15) is 4.79 Å². The first kappa shape index (κ1) is 15.7. The summed E-state index contributed by atoms with van der Waals surface area (Å²) in [6.07, 6.45) is 0.983. The zero-order chi connectivity index (χ0) is 16.5. The highest BCUT2D eigenvalue weighted by molar-refractivity contribution is 7.15. The molecule has 2 aliphatic rings. The molecular formula is C18H22N4OS. The standard InChI is InChI=1S/C18H22N4OS/c1-2-21-8-7-15-16(11-21)24-18(19-15)20-17(23)12-22-9-13-5-3-4-6-14(13)10-22/h3-6H,2,7-12H2,1H3,(H,19,20,23). The van der Waals surface area contributed by atoms with Crippen molar-refractivity contribution in [3.63, 3.8) is 0 Å². The van der Waals surface area contributed by atoms with Crippen LogP contribution in [0.1, 0.15) is 28.6 Å². The zero-order valence-corrected chi connectivity index (χ0v) is 14.7. The summed E-state index contributed by atoms with van der Waals surface area (Å²) in [6, 6.07) is 8.40. The Balaban J connectivity index is 1.35. The molecule has 2 aromatic rings. The quantitative estimate of drug-likeness (QED) is 0.927. The summed E-state index contributed by atoms with van der Waals surface area (Å²) >= 11 is 1.62. The Morgan fingerprint density at radius 1 is 1.21 bits per heavy atom. The fourth-order valence-electron chi connectivity index (χ4n) is 3.45. The number of carbonyl (C=O) groups is 1. The molecule has 0 unspecified atom stereocenters. The van der Waals surface area contributed by atoms with Gasteiger partial charge in [0, 0.05) is 37.5 Å². The molecule has 0 radical (unpaired) electrons. The summed E-state index contributed by atoms with van der Waals surface area (Å²) in [5.41, 5.74) is 3.82. The molecule has 3 heterocycles. The summed E-state index contributed by atoms with van der Waals surface area (Å²) in [5, 5.41) is 3.74. The smallest absolute Gasteiger partial charge is 0.240 e. The van der Waals surface area contributed by atoms with Crippen molar-refractivity contribution in [2.24, 2.45) is 0 Å². The first-order valence-electron chi connectivity index (χ1n) is 8.51. The summed E-state index contributed by atoms with van der Waals surface area (Å²) in [6.45, 7) is 7.39. The average Bonchev–Trinajstić information content (AvgIpc) is 3.15. The molecule has 0 bridgehead atoms. The summed E-state index contributed by atoms with van der Waals surface area (Å²) < 4.78 is 0. The number of hydrogen-bond donors (Lipinski definition) is 1. The molecule has 1 amide bonds. The Kier molecular flexibility index (Phi) is 4.35. The maximum atomic E-state index is 12.4. The highest BCUT2D eigenvalue weighted by atomic mass is 32.1. The molecule has 6 heteroatoms. The summed E-state index contributed by atoms with van der Waals surface area (Å²) in [4.78, 5) is 22.9. The van der Waals surface area contributed by atoms with Gasteiger partial charge in [0.25, 0.3) is 0 Å². The second-order valence-corrected chi connectivity index (χ2v) is 7.55. The van der Waals surface area contributed by atoms with E-state index >= 15 is 0 Å². The fourth-order valence-corrected chi connectivity index (χ4v) is 4.52. The van der Waals surface area contributed by atoms with Gasteiger partial charge in [-0.15, -0.1) is 11.3 Å². The van der Waals surface area contributed by atoms with Crippen molar-refractivity contribution in [3.8, 4) is 0 Å². The van der Waals surface area contributed by atoms with Gasteiger partial charge in [-0.2, -0.15) is 0 Å². The molecule has 0 spiro atoms. The zero-order valence-electron chi connectivity index (χ0n) is 13.9. The molecule has 126 valence electrons. The minimum absolute atomic E-state index is 0.0289. The van der Waals surface area contributed by atoms with Crippen molar-refractivity contribution < 1.29 is 4.79 Å². The third-order valence-corrected chi connectivity index (χ3v) is 5.78. The van der Waals surface area contributed by atoms with Crippen molar-refractivity contribution in [1.29, 1.82) is 0 Å². The lowest BCUT2D eigenvalue weighted by atomic mass is 10.1. The highest BCUT2D eigenvalue weighted by Crippen LogP contribution is 2.28. The van der Waals surface area contributed by atoms with Gasteiger partial charge in [0.05, 0.1) is 12.2 Å². The summed E-state index contributed by atoms with van der Waals surface area (Å²) in [7, 11) is 0. The first-order chi connectivity index (χ1) is 11.7. The Labute approximate surface area is 146 Å². The molecular weight excluding hydrogens is 320 g/mol. The van der Waals surface area contributed by atoms with E-state index in [2.05, 4.69) is 51.3 Å². The van der Waals surface area contributed by atoms with Crippen molar-refractivity contribution in [3.05, 3.63) is 46.0 Å². The van der Waals surface area contributed by atoms with Gasteiger partial charge in [0.1, 0.15) is 0 Å². The molecule has 0 aliphatic carbocycles. The van der Waals surface area contributed by atoms with Gasteiger partial charge in [-0.1, -0.05) is 31.2 Å². The van der Waals surface area contributed by atoms with E-state index < -0.39 is 0 Å². The predicted molar refractivity (Wildman–Crippen MR) is 96.0 cm³/mol. The van der Waals surface area contributed by atoms with E-state index in [4.69, 9.17) is 0 Å². The number of fused-ring (bicyclic) bond motifs is 2. The maximum Gasteiger partial charge on any atom is 0.240 e. The van der Waals surface area contributed by atoms with Crippen LogP contribution in [0, 0.1) is 0 Å². The van der Waals surface area contributed by atoms with Crippen LogP contribution < -0.4 is 5.32 Å². The van der Waals surface area contributed by atoms with Crippen molar-refractivity contribution >= 4 is 22.4 Å². The number of anilines is 1. The van der Waals surface area contributed by atoms with Crippen LogP contribution >= 0.6 is 11.3 Å². The number of thiazole rings is 1. The monoisotopic (exact) mass is 342 g/mol. The molecule has 0 saturated heterocycles. The fraction of sp³-hybridized carbons (Fsp3) is 0.444. The van der Waals surface area contributed by atoms with E-state index in [1.807, 2.05) is 0 Å². The number of aromatic nitrogens is 1. The van der Waals surface area contributed by atoms with Gasteiger partial charge >= 0.3 is 0 Å². The summed E-state index contributed by atoms with van der Waals surface area (Å²) in [5.74, 6) is 0.0289. The van der Waals surface area contributed by atoms with Crippen molar-refractivity contribution in [2.75, 3.05) is 25.0 Å². The number of rotatable bonds is 4. The molecule has 5 nitrogen and oxygen atoms in total. The largest absolute Gasteiger partial charge is 0.301 e. The number of hydrogen-bond acceptors (Lipinski definition) is 5. The predicted octanol–water partition coefficient (Wildman–Crippen LogP) is 2.48. The normalized spacial score (nSPS) is 17.5.